The fourth-order valence-corrected chi connectivity index (χ4v) is 4.06. The molecular formula is C19H14N2O3S. The van der Waals surface area contributed by atoms with E-state index in [9.17, 15) is 4.79 Å². The number of nitrogens with zero attached hydrogens (tertiary/aromatic N) is 2. The van der Waals surface area contributed by atoms with Crippen molar-refractivity contribution in [2.75, 3.05) is 6.79 Å². The van der Waals surface area contributed by atoms with Gasteiger partial charge < -0.3 is 9.47 Å². The lowest BCUT2D eigenvalue weighted by atomic mass is 10.1. The third-order valence-electron chi connectivity index (χ3n) is 4.55. The van der Waals surface area contributed by atoms with Crippen LogP contribution in [0.2, 0.25) is 0 Å². The molecule has 4 aromatic rings. The van der Waals surface area contributed by atoms with E-state index in [4.69, 9.17) is 9.47 Å². The zero-order valence-corrected chi connectivity index (χ0v) is 14.5. The Morgan fingerprint density at radius 3 is 2.80 bits per heavy atom. The number of rotatable bonds is 1. The van der Waals surface area contributed by atoms with Crippen LogP contribution in [0.4, 0.5) is 0 Å². The van der Waals surface area contributed by atoms with Crippen molar-refractivity contribution >= 4 is 33.4 Å². The van der Waals surface area contributed by atoms with Crippen molar-refractivity contribution in [3.63, 3.8) is 0 Å². The van der Waals surface area contributed by atoms with Crippen LogP contribution >= 0.6 is 11.3 Å². The van der Waals surface area contributed by atoms with E-state index in [1.54, 1.807) is 4.40 Å². The fraction of sp³-hybridized carbons (Fsp3) is 0.158. The van der Waals surface area contributed by atoms with Gasteiger partial charge in [0.05, 0.1) is 15.6 Å². The molecule has 0 amide bonds. The second kappa shape index (κ2) is 5.07. The number of imidazole rings is 1. The Kier molecular flexibility index (Phi) is 2.93. The van der Waals surface area contributed by atoms with Crippen LogP contribution in [0.1, 0.15) is 16.7 Å². The molecule has 0 saturated carbocycles. The Morgan fingerprint density at radius 2 is 1.92 bits per heavy atom. The summed E-state index contributed by atoms with van der Waals surface area (Å²) in [5, 5.41) is 0. The first kappa shape index (κ1) is 14.5. The summed E-state index contributed by atoms with van der Waals surface area (Å²) in [4.78, 5) is 18.2. The minimum Gasteiger partial charge on any atom is -0.454 e. The highest BCUT2D eigenvalue weighted by atomic mass is 32.1. The molecule has 25 heavy (non-hydrogen) atoms. The normalized spacial score (nSPS) is 14.1. The molecule has 0 aliphatic carbocycles. The third kappa shape index (κ3) is 2.14. The van der Waals surface area contributed by atoms with Crippen LogP contribution in [0.25, 0.3) is 22.1 Å². The van der Waals surface area contributed by atoms with Crippen molar-refractivity contribution in [3.8, 4) is 11.5 Å². The third-order valence-corrected chi connectivity index (χ3v) is 5.52. The van der Waals surface area contributed by atoms with Crippen LogP contribution in [0.3, 0.4) is 0 Å². The molecule has 0 N–H and O–H groups in total. The molecule has 1 aliphatic rings. The van der Waals surface area contributed by atoms with Crippen molar-refractivity contribution in [2.45, 2.75) is 13.8 Å². The highest BCUT2D eigenvalue weighted by molar-refractivity contribution is 7.15. The highest BCUT2D eigenvalue weighted by Gasteiger charge is 2.14. The van der Waals surface area contributed by atoms with Crippen LogP contribution < -0.4 is 19.6 Å². The van der Waals surface area contributed by atoms with E-state index in [0.717, 1.165) is 32.9 Å². The van der Waals surface area contributed by atoms with Gasteiger partial charge in [-0.1, -0.05) is 17.4 Å². The molecule has 124 valence electrons. The number of ether oxygens (including phenoxy) is 2. The van der Waals surface area contributed by atoms with Gasteiger partial charge in [0.1, 0.15) is 0 Å². The summed E-state index contributed by atoms with van der Waals surface area (Å²) >= 11 is 1.40. The molecule has 0 fully saturated rings. The lowest BCUT2D eigenvalue weighted by molar-refractivity contribution is 0.174. The van der Waals surface area contributed by atoms with Crippen LogP contribution in [-0.4, -0.2) is 16.2 Å². The second-order valence-electron chi connectivity index (χ2n) is 6.18. The minimum absolute atomic E-state index is 0.0385. The van der Waals surface area contributed by atoms with Crippen LogP contribution in [-0.2, 0) is 0 Å². The smallest absolute Gasteiger partial charge is 0.274 e. The molecule has 1 aliphatic heterocycles. The summed E-state index contributed by atoms with van der Waals surface area (Å²) in [5.74, 6) is 1.44. The molecule has 3 heterocycles. The maximum absolute atomic E-state index is 12.9. The standard InChI is InChI=1S/C19H14N2O3S/c1-10-5-13-14(6-11(10)2)21-18(22)17(25-19(21)20-13)8-12-3-4-15-16(7-12)24-9-23-15/h3-8H,9H2,1-2H3. The summed E-state index contributed by atoms with van der Waals surface area (Å²) in [6, 6.07) is 9.73. The van der Waals surface area contributed by atoms with Gasteiger partial charge in [-0.2, -0.15) is 0 Å². The zero-order valence-electron chi connectivity index (χ0n) is 13.7. The summed E-state index contributed by atoms with van der Waals surface area (Å²) in [6.07, 6.45) is 1.87. The predicted molar refractivity (Wildman–Crippen MR) is 97.7 cm³/mol. The summed E-state index contributed by atoms with van der Waals surface area (Å²) in [7, 11) is 0. The first-order valence-corrected chi connectivity index (χ1v) is 8.75. The molecule has 5 nitrogen and oxygen atoms in total. The second-order valence-corrected chi connectivity index (χ2v) is 7.19. The number of benzene rings is 2. The topological polar surface area (TPSA) is 52.8 Å². The van der Waals surface area contributed by atoms with Crippen molar-refractivity contribution < 1.29 is 9.47 Å². The molecule has 0 spiro atoms. The molecule has 0 unspecified atom stereocenters. The Hall–Kier alpha value is -2.86. The number of aromatic nitrogens is 2. The van der Waals surface area contributed by atoms with Gasteiger partial charge in [0.15, 0.2) is 16.5 Å². The number of hydrogen-bond acceptors (Lipinski definition) is 5. The maximum atomic E-state index is 12.9. The van der Waals surface area contributed by atoms with Gasteiger partial charge in [0.25, 0.3) is 5.56 Å². The van der Waals surface area contributed by atoms with Gasteiger partial charge in [-0.3, -0.25) is 4.79 Å². The van der Waals surface area contributed by atoms with Gasteiger partial charge >= 0.3 is 0 Å². The Morgan fingerprint density at radius 1 is 1.12 bits per heavy atom. The maximum Gasteiger partial charge on any atom is 0.274 e. The number of aryl methyl sites for hydroxylation is 2. The number of fused-ring (bicyclic) bond motifs is 4. The quantitative estimate of drug-likeness (QED) is 0.530. The molecule has 0 atom stereocenters. The Bertz CT molecular complexity index is 1270. The fourth-order valence-electron chi connectivity index (χ4n) is 3.07. The SMILES string of the molecule is Cc1cc2nc3sc(=Cc4ccc5c(c4)OCO5)c(=O)n3c2cc1C. The molecule has 6 heteroatoms. The lowest BCUT2D eigenvalue weighted by Gasteiger charge is -1.98. The van der Waals surface area contributed by atoms with E-state index in [1.165, 1.54) is 16.9 Å². The average molecular weight is 350 g/mol. The number of hydrogen-bond donors (Lipinski definition) is 0. The largest absolute Gasteiger partial charge is 0.454 e. The zero-order chi connectivity index (χ0) is 17.1. The van der Waals surface area contributed by atoms with Gasteiger partial charge in [-0.05, 0) is 60.9 Å². The van der Waals surface area contributed by atoms with E-state index in [2.05, 4.69) is 11.9 Å². The number of thiazole rings is 1. The van der Waals surface area contributed by atoms with Gasteiger partial charge in [0, 0.05) is 0 Å². The van der Waals surface area contributed by atoms with Crippen LogP contribution in [0, 0.1) is 13.8 Å². The van der Waals surface area contributed by atoms with Crippen molar-refractivity contribution in [1.29, 1.82) is 0 Å². The van der Waals surface area contributed by atoms with E-state index < -0.39 is 0 Å². The molecule has 0 bridgehead atoms. The van der Waals surface area contributed by atoms with Crippen molar-refractivity contribution in [1.82, 2.24) is 9.38 Å². The molecule has 2 aromatic heterocycles. The Balaban J connectivity index is 1.73. The lowest BCUT2D eigenvalue weighted by Crippen LogP contribution is -2.22. The molecule has 2 aromatic carbocycles. The van der Waals surface area contributed by atoms with Crippen molar-refractivity contribution in [2.24, 2.45) is 0 Å². The molecule has 0 saturated heterocycles. The van der Waals surface area contributed by atoms with Gasteiger partial charge in [0.2, 0.25) is 6.79 Å². The van der Waals surface area contributed by atoms with Gasteiger partial charge in [-0.15, -0.1) is 0 Å². The summed E-state index contributed by atoms with van der Waals surface area (Å²) in [5.41, 5.74) is 4.93. The van der Waals surface area contributed by atoms with Crippen LogP contribution in [0.15, 0.2) is 35.1 Å². The first-order valence-electron chi connectivity index (χ1n) is 7.94. The average Bonchev–Trinajstić information content (AvgIpc) is 3.25. The summed E-state index contributed by atoms with van der Waals surface area (Å²) in [6.45, 7) is 4.34. The first-order chi connectivity index (χ1) is 12.1. The van der Waals surface area contributed by atoms with Crippen LogP contribution in [0.5, 0.6) is 11.5 Å². The highest BCUT2D eigenvalue weighted by Crippen LogP contribution is 2.32. The summed E-state index contributed by atoms with van der Waals surface area (Å²) < 4.78 is 13.1. The van der Waals surface area contributed by atoms with E-state index in [-0.39, 0.29) is 12.4 Å². The molecule has 5 rings (SSSR count). The molecule has 0 radical (unpaired) electrons. The van der Waals surface area contributed by atoms with E-state index >= 15 is 0 Å². The Labute approximate surface area is 146 Å². The van der Waals surface area contributed by atoms with Gasteiger partial charge in [-0.25, -0.2) is 9.38 Å². The van der Waals surface area contributed by atoms with Crippen molar-refractivity contribution in [3.05, 3.63) is 61.9 Å². The van der Waals surface area contributed by atoms with E-state index in [1.807, 2.05) is 43.3 Å². The minimum atomic E-state index is -0.0385. The monoisotopic (exact) mass is 350 g/mol. The molecular weight excluding hydrogens is 336 g/mol. The van der Waals surface area contributed by atoms with E-state index in [0.29, 0.717) is 10.3 Å². The predicted octanol–water partition coefficient (Wildman–Crippen LogP) is 2.80.